The van der Waals surface area contributed by atoms with Gasteiger partial charge in [0.1, 0.15) is 5.69 Å². The quantitative estimate of drug-likeness (QED) is 0.326. The number of rotatable bonds is 0. The van der Waals surface area contributed by atoms with Crippen LogP contribution in [0.3, 0.4) is 0 Å². The Hall–Kier alpha value is -2.02. The summed E-state index contributed by atoms with van der Waals surface area (Å²) in [4.78, 5) is 21.0. The van der Waals surface area contributed by atoms with E-state index in [2.05, 4.69) is 41.1 Å². The maximum absolute atomic E-state index is 12.9. The molecule has 0 aliphatic heterocycles. The second-order valence-electron chi connectivity index (χ2n) is 8.10. The van der Waals surface area contributed by atoms with Crippen molar-refractivity contribution in [2.75, 3.05) is 0 Å². The molecule has 2 unspecified atom stereocenters. The Morgan fingerprint density at radius 3 is 2.85 bits per heavy atom. The van der Waals surface area contributed by atoms with Crippen molar-refractivity contribution in [2.24, 2.45) is 5.41 Å². The van der Waals surface area contributed by atoms with Gasteiger partial charge in [-0.1, -0.05) is 32.2 Å². The minimum absolute atomic E-state index is 0. The summed E-state index contributed by atoms with van der Waals surface area (Å²) in [5, 5.41) is 1.55. The summed E-state index contributed by atoms with van der Waals surface area (Å²) in [6, 6.07) is 8.65. The smallest absolute Gasteiger partial charge is 0.267 e. The minimum Gasteiger partial charge on any atom is -0.345 e. The average molecular weight is 521 g/mol. The third-order valence-electron chi connectivity index (χ3n) is 7.01. The summed E-state index contributed by atoms with van der Waals surface area (Å²) in [7, 11) is 0. The predicted octanol–water partition coefficient (Wildman–Crippen LogP) is 4.37. The van der Waals surface area contributed by atoms with Crippen molar-refractivity contribution in [3.63, 3.8) is 0 Å². The molecule has 2 heterocycles. The van der Waals surface area contributed by atoms with Gasteiger partial charge in [0.15, 0.2) is 0 Å². The van der Waals surface area contributed by atoms with E-state index in [4.69, 9.17) is 6.57 Å². The molecule has 2 aromatic heterocycles. The standard InChI is InChI=1S/C21H18N3O.Ir/c1-20(2)14-8-10-21(20,3)17-16(14)19(25)23-18-13-6-5-7-15(22-4)12(13)9-11-24(17)18;/h5,7,9,11,14H,8,10H2,1-3H3;/q-1;. The topological polar surface area (TPSA) is 38.7 Å². The number of benzene rings is 1. The molecule has 0 N–H and O–H groups in total. The number of pyridine rings is 1. The van der Waals surface area contributed by atoms with E-state index < -0.39 is 0 Å². The predicted molar refractivity (Wildman–Crippen MR) is 97.2 cm³/mol. The van der Waals surface area contributed by atoms with Gasteiger partial charge in [-0.15, -0.1) is 17.5 Å². The number of aromatic nitrogens is 2. The van der Waals surface area contributed by atoms with Gasteiger partial charge < -0.3 is 4.40 Å². The van der Waals surface area contributed by atoms with Crippen molar-refractivity contribution in [3.05, 3.63) is 63.5 Å². The zero-order valence-electron chi connectivity index (χ0n) is 14.9. The number of nitrogens with zero attached hydrogens (tertiary/aromatic N) is 3. The van der Waals surface area contributed by atoms with Crippen molar-refractivity contribution in [3.8, 4) is 0 Å². The maximum Gasteiger partial charge on any atom is 0.267 e. The first-order valence-corrected chi connectivity index (χ1v) is 8.68. The van der Waals surface area contributed by atoms with Gasteiger partial charge in [0.05, 0.1) is 12.2 Å². The van der Waals surface area contributed by atoms with Crippen LogP contribution in [-0.2, 0) is 25.5 Å². The Morgan fingerprint density at radius 2 is 2.12 bits per heavy atom. The van der Waals surface area contributed by atoms with E-state index in [1.165, 1.54) is 0 Å². The van der Waals surface area contributed by atoms with Gasteiger partial charge in [0.2, 0.25) is 0 Å². The monoisotopic (exact) mass is 521 g/mol. The molecular formula is C21H18IrN3O-. The summed E-state index contributed by atoms with van der Waals surface area (Å²) in [6.07, 6.45) is 4.13. The molecule has 26 heavy (non-hydrogen) atoms. The molecule has 1 aromatic carbocycles. The second kappa shape index (κ2) is 5.25. The van der Waals surface area contributed by atoms with Crippen LogP contribution in [0.5, 0.6) is 0 Å². The molecule has 133 valence electrons. The molecule has 2 aliphatic carbocycles. The first kappa shape index (κ1) is 17.4. The van der Waals surface area contributed by atoms with Crippen LogP contribution in [0.15, 0.2) is 29.2 Å². The van der Waals surface area contributed by atoms with Gasteiger partial charge in [-0.2, -0.15) is 6.07 Å². The molecule has 1 saturated carbocycles. The SMILES string of the molecule is [C-]#[N+]c1cc[c-]c2c1ccn1c3c(c(=O)nc21)C1CCC3(C)C1(C)C.[Ir]. The Labute approximate surface area is 165 Å². The Bertz CT molecular complexity index is 1190. The van der Waals surface area contributed by atoms with Crippen LogP contribution in [-0.4, -0.2) is 9.38 Å². The van der Waals surface area contributed by atoms with Gasteiger partial charge in [0, 0.05) is 36.8 Å². The summed E-state index contributed by atoms with van der Waals surface area (Å²) in [5.41, 5.74) is 3.11. The molecule has 0 amide bonds. The van der Waals surface area contributed by atoms with Crippen LogP contribution in [0.25, 0.3) is 21.3 Å². The summed E-state index contributed by atoms with van der Waals surface area (Å²) < 4.78 is 2.09. The number of hydrogen-bond acceptors (Lipinski definition) is 2. The van der Waals surface area contributed by atoms with Gasteiger partial charge >= 0.3 is 0 Å². The molecule has 0 saturated heterocycles. The molecule has 2 atom stereocenters. The molecule has 1 radical (unpaired) electrons. The van der Waals surface area contributed by atoms with Crippen LogP contribution in [0.2, 0.25) is 0 Å². The first-order valence-electron chi connectivity index (χ1n) is 8.68. The Balaban J connectivity index is 0.00000168. The van der Waals surface area contributed by atoms with Crippen molar-refractivity contribution in [2.45, 2.75) is 44.9 Å². The van der Waals surface area contributed by atoms with Crippen molar-refractivity contribution in [1.29, 1.82) is 0 Å². The molecule has 4 nitrogen and oxygen atoms in total. The van der Waals surface area contributed by atoms with E-state index in [0.717, 1.165) is 34.9 Å². The van der Waals surface area contributed by atoms with Gasteiger partial charge in [-0.3, -0.25) is 9.64 Å². The van der Waals surface area contributed by atoms with Gasteiger partial charge in [-0.25, -0.2) is 4.98 Å². The third-order valence-corrected chi connectivity index (χ3v) is 7.01. The second-order valence-corrected chi connectivity index (χ2v) is 8.10. The fourth-order valence-electron chi connectivity index (χ4n) is 5.28. The van der Waals surface area contributed by atoms with Crippen LogP contribution >= 0.6 is 0 Å². The average Bonchev–Trinajstić information content (AvgIpc) is 2.93. The van der Waals surface area contributed by atoms with E-state index in [1.54, 1.807) is 12.1 Å². The van der Waals surface area contributed by atoms with E-state index in [0.29, 0.717) is 11.3 Å². The fourth-order valence-corrected chi connectivity index (χ4v) is 5.28. The van der Waals surface area contributed by atoms with Crippen molar-refractivity contribution < 1.29 is 20.1 Å². The first-order chi connectivity index (χ1) is 11.9. The van der Waals surface area contributed by atoms with Crippen LogP contribution in [0.1, 0.15) is 50.8 Å². The summed E-state index contributed by atoms with van der Waals surface area (Å²) in [6.45, 7) is 14.2. The molecule has 0 spiro atoms. The number of fused-ring (bicyclic) bond motifs is 9. The van der Waals surface area contributed by atoms with Crippen LogP contribution in [0, 0.1) is 18.1 Å². The molecule has 2 aliphatic rings. The zero-order chi connectivity index (χ0) is 17.6. The molecule has 3 aromatic rings. The Morgan fingerprint density at radius 1 is 1.35 bits per heavy atom. The van der Waals surface area contributed by atoms with Crippen molar-refractivity contribution >= 4 is 22.1 Å². The van der Waals surface area contributed by atoms with E-state index in [9.17, 15) is 4.79 Å². The van der Waals surface area contributed by atoms with Crippen LogP contribution in [0.4, 0.5) is 5.69 Å². The van der Waals surface area contributed by atoms with E-state index >= 15 is 0 Å². The van der Waals surface area contributed by atoms with E-state index in [-0.39, 0.29) is 42.4 Å². The van der Waals surface area contributed by atoms with Crippen molar-refractivity contribution in [1.82, 2.24) is 9.38 Å². The zero-order valence-corrected chi connectivity index (χ0v) is 17.3. The number of hydrogen-bond donors (Lipinski definition) is 0. The molecule has 5 rings (SSSR count). The largest absolute Gasteiger partial charge is 0.345 e. The fraction of sp³-hybridized carbons (Fsp3) is 0.381. The molecule has 1 fully saturated rings. The molecule has 5 heteroatoms. The Kier molecular flexibility index (Phi) is 3.51. The third kappa shape index (κ3) is 1.77. The van der Waals surface area contributed by atoms with Crippen LogP contribution < -0.4 is 5.56 Å². The molecule has 2 bridgehead atoms. The summed E-state index contributed by atoms with van der Waals surface area (Å²) in [5.74, 6) is 0.277. The van der Waals surface area contributed by atoms with Gasteiger partial charge in [-0.05, 0) is 30.4 Å². The summed E-state index contributed by atoms with van der Waals surface area (Å²) >= 11 is 0. The van der Waals surface area contributed by atoms with E-state index in [1.807, 2.05) is 12.3 Å². The minimum atomic E-state index is -0.106. The normalized spacial score (nSPS) is 25.1. The maximum atomic E-state index is 12.9. The molecular weight excluding hydrogens is 502 g/mol. The van der Waals surface area contributed by atoms with Gasteiger partial charge in [0.25, 0.3) is 5.56 Å².